The van der Waals surface area contributed by atoms with Crippen LogP contribution in [0.1, 0.15) is 0 Å². The van der Waals surface area contributed by atoms with Gasteiger partial charge in [0.15, 0.2) is 0 Å². The minimum absolute atomic E-state index is 0.477. The molecule has 3 rings (SSSR count). The molecule has 0 spiro atoms. The van der Waals surface area contributed by atoms with E-state index in [9.17, 15) is 8.42 Å². The molecule has 1 saturated heterocycles. The number of rotatable bonds is 2. The van der Waals surface area contributed by atoms with Crippen molar-refractivity contribution in [3.8, 4) is 0 Å². The van der Waals surface area contributed by atoms with Gasteiger partial charge in [-0.2, -0.15) is 9.29 Å². The molecule has 2 aromatic rings. The first-order chi connectivity index (χ1) is 9.04. The van der Waals surface area contributed by atoms with Crippen LogP contribution in [0.3, 0.4) is 0 Å². The molecule has 0 saturated carbocycles. The number of aromatic amines is 1. The fourth-order valence-corrected chi connectivity index (χ4v) is 3.03. The van der Waals surface area contributed by atoms with E-state index in [0.29, 0.717) is 32.1 Å². The second-order valence-electron chi connectivity index (χ2n) is 4.60. The second kappa shape index (κ2) is 4.46. The van der Waals surface area contributed by atoms with Crippen LogP contribution in [-0.4, -0.2) is 60.1 Å². The number of nitrogens with one attached hydrogen (secondary N) is 1. The molecule has 8 heteroatoms. The first-order valence-electron chi connectivity index (χ1n) is 6.04. The van der Waals surface area contributed by atoms with Crippen LogP contribution in [0.2, 0.25) is 0 Å². The van der Waals surface area contributed by atoms with Gasteiger partial charge in [-0.3, -0.25) is 0 Å². The predicted octanol–water partition coefficient (Wildman–Crippen LogP) is 0.0395. The van der Waals surface area contributed by atoms with Crippen LogP contribution >= 0.6 is 0 Å². The van der Waals surface area contributed by atoms with E-state index in [2.05, 4.69) is 15.0 Å². The van der Waals surface area contributed by atoms with Crippen molar-refractivity contribution in [2.24, 2.45) is 0 Å². The van der Waals surface area contributed by atoms with Crippen molar-refractivity contribution >= 4 is 27.0 Å². The molecule has 1 fully saturated rings. The summed E-state index contributed by atoms with van der Waals surface area (Å²) >= 11 is 0. The number of sulfonamides is 1. The Morgan fingerprint density at radius 2 is 2.00 bits per heavy atom. The summed E-state index contributed by atoms with van der Waals surface area (Å²) in [6.45, 7) is 2.18. The van der Waals surface area contributed by atoms with E-state index in [0.717, 1.165) is 11.0 Å². The molecule has 0 aliphatic carbocycles. The molecule has 1 aliphatic rings. The van der Waals surface area contributed by atoms with Crippen molar-refractivity contribution in [3.05, 3.63) is 18.5 Å². The zero-order chi connectivity index (χ0) is 13.5. The van der Waals surface area contributed by atoms with E-state index >= 15 is 0 Å². The average Bonchev–Trinajstić information content (AvgIpc) is 2.85. The van der Waals surface area contributed by atoms with E-state index in [4.69, 9.17) is 0 Å². The summed E-state index contributed by atoms with van der Waals surface area (Å²) in [4.78, 5) is 13.8. The van der Waals surface area contributed by atoms with Crippen molar-refractivity contribution < 1.29 is 8.42 Å². The molecule has 19 heavy (non-hydrogen) atoms. The van der Waals surface area contributed by atoms with E-state index in [1.807, 2.05) is 17.2 Å². The lowest BCUT2D eigenvalue weighted by molar-refractivity contribution is 0.386. The van der Waals surface area contributed by atoms with Gasteiger partial charge in [0.2, 0.25) is 16.0 Å². The standard InChI is InChI=1S/C11H15N5O2S/c1-19(17,18)16-6-4-15(5-7-16)11-13-8-9-2-3-12-10(9)14-11/h2-3,8H,4-7H2,1H3,(H,12,13,14). The van der Waals surface area contributed by atoms with Gasteiger partial charge in [-0.15, -0.1) is 0 Å². The third-order valence-electron chi connectivity index (χ3n) is 3.28. The molecule has 2 aromatic heterocycles. The van der Waals surface area contributed by atoms with Gasteiger partial charge in [-0.1, -0.05) is 0 Å². The Morgan fingerprint density at radius 3 is 2.68 bits per heavy atom. The highest BCUT2D eigenvalue weighted by Crippen LogP contribution is 2.16. The summed E-state index contributed by atoms with van der Waals surface area (Å²) in [6, 6.07) is 1.92. The topological polar surface area (TPSA) is 82.2 Å². The highest BCUT2D eigenvalue weighted by molar-refractivity contribution is 7.88. The molecular weight excluding hydrogens is 266 g/mol. The van der Waals surface area contributed by atoms with Crippen LogP contribution < -0.4 is 4.90 Å². The Kier molecular flexibility index (Phi) is 2.90. The number of aromatic nitrogens is 3. The molecule has 0 radical (unpaired) electrons. The summed E-state index contributed by atoms with van der Waals surface area (Å²) < 4.78 is 24.4. The number of nitrogens with zero attached hydrogens (tertiary/aromatic N) is 4. The van der Waals surface area contributed by atoms with E-state index in [1.54, 1.807) is 6.20 Å². The van der Waals surface area contributed by atoms with E-state index in [1.165, 1.54) is 10.6 Å². The van der Waals surface area contributed by atoms with Crippen molar-refractivity contribution in [3.63, 3.8) is 0 Å². The van der Waals surface area contributed by atoms with Crippen LogP contribution in [0.4, 0.5) is 5.95 Å². The summed E-state index contributed by atoms with van der Waals surface area (Å²) in [7, 11) is -3.10. The van der Waals surface area contributed by atoms with Gasteiger partial charge in [0.1, 0.15) is 5.65 Å². The Hall–Kier alpha value is -1.67. The Labute approximate surface area is 111 Å². The molecule has 1 N–H and O–H groups in total. The molecule has 1 aliphatic heterocycles. The molecule has 0 bridgehead atoms. The van der Waals surface area contributed by atoms with E-state index in [-0.39, 0.29) is 0 Å². The molecule has 0 amide bonds. The lowest BCUT2D eigenvalue weighted by atomic mass is 10.4. The predicted molar refractivity (Wildman–Crippen MR) is 72.5 cm³/mol. The number of piperazine rings is 1. The number of hydrogen-bond donors (Lipinski definition) is 1. The van der Waals surface area contributed by atoms with Crippen LogP contribution in [0.15, 0.2) is 18.5 Å². The molecular formula is C11H15N5O2S. The van der Waals surface area contributed by atoms with E-state index < -0.39 is 10.0 Å². The first kappa shape index (κ1) is 12.4. The van der Waals surface area contributed by atoms with Crippen molar-refractivity contribution in [2.45, 2.75) is 0 Å². The molecule has 102 valence electrons. The van der Waals surface area contributed by atoms with Gasteiger partial charge in [0.25, 0.3) is 0 Å². The van der Waals surface area contributed by atoms with Gasteiger partial charge in [-0.25, -0.2) is 13.4 Å². The summed E-state index contributed by atoms with van der Waals surface area (Å²) in [5, 5.41) is 0.971. The summed E-state index contributed by atoms with van der Waals surface area (Å²) in [5.74, 6) is 0.642. The minimum atomic E-state index is -3.10. The summed E-state index contributed by atoms with van der Waals surface area (Å²) in [5.41, 5.74) is 0.801. The van der Waals surface area contributed by atoms with Crippen molar-refractivity contribution in [1.29, 1.82) is 0 Å². The number of anilines is 1. The van der Waals surface area contributed by atoms with Crippen LogP contribution in [-0.2, 0) is 10.0 Å². The highest BCUT2D eigenvalue weighted by Gasteiger charge is 2.24. The smallest absolute Gasteiger partial charge is 0.227 e. The lowest BCUT2D eigenvalue weighted by Gasteiger charge is -2.33. The Balaban J connectivity index is 1.77. The first-order valence-corrected chi connectivity index (χ1v) is 7.89. The third-order valence-corrected chi connectivity index (χ3v) is 4.58. The summed E-state index contributed by atoms with van der Waals surface area (Å²) in [6.07, 6.45) is 4.84. The van der Waals surface area contributed by atoms with Crippen LogP contribution in [0, 0.1) is 0 Å². The number of hydrogen-bond acceptors (Lipinski definition) is 5. The molecule has 7 nitrogen and oxygen atoms in total. The largest absolute Gasteiger partial charge is 0.346 e. The molecule has 0 unspecified atom stereocenters. The van der Waals surface area contributed by atoms with Gasteiger partial charge in [-0.05, 0) is 6.07 Å². The van der Waals surface area contributed by atoms with Gasteiger partial charge < -0.3 is 9.88 Å². The fourth-order valence-electron chi connectivity index (χ4n) is 2.20. The molecule has 0 aromatic carbocycles. The number of fused-ring (bicyclic) bond motifs is 1. The normalized spacial score (nSPS) is 18.1. The Bertz CT molecular complexity index is 688. The van der Waals surface area contributed by atoms with Crippen molar-refractivity contribution in [2.75, 3.05) is 37.3 Å². The van der Waals surface area contributed by atoms with Crippen LogP contribution in [0.5, 0.6) is 0 Å². The Morgan fingerprint density at radius 1 is 1.26 bits per heavy atom. The van der Waals surface area contributed by atoms with Crippen molar-refractivity contribution in [1.82, 2.24) is 19.3 Å². The lowest BCUT2D eigenvalue weighted by Crippen LogP contribution is -2.48. The third kappa shape index (κ3) is 2.41. The monoisotopic (exact) mass is 281 g/mol. The number of H-pyrrole nitrogens is 1. The van der Waals surface area contributed by atoms with Crippen LogP contribution in [0.25, 0.3) is 11.0 Å². The molecule has 3 heterocycles. The maximum Gasteiger partial charge on any atom is 0.227 e. The maximum absolute atomic E-state index is 11.4. The van der Waals surface area contributed by atoms with Gasteiger partial charge in [0.05, 0.1) is 6.26 Å². The quantitative estimate of drug-likeness (QED) is 0.840. The maximum atomic E-state index is 11.4. The van der Waals surface area contributed by atoms with Gasteiger partial charge >= 0.3 is 0 Å². The second-order valence-corrected chi connectivity index (χ2v) is 6.58. The fraction of sp³-hybridized carbons (Fsp3) is 0.455. The zero-order valence-corrected chi connectivity index (χ0v) is 11.4. The molecule has 0 atom stereocenters. The van der Waals surface area contributed by atoms with Gasteiger partial charge in [0, 0.05) is 44.0 Å². The zero-order valence-electron chi connectivity index (χ0n) is 10.6. The minimum Gasteiger partial charge on any atom is -0.346 e. The average molecular weight is 281 g/mol. The highest BCUT2D eigenvalue weighted by atomic mass is 32.2. The SMILES string of the molecule is CS(=O)(=O)N1CCN(c2ncc3cc[nH]c3n2)CC1.